The molecule has 0 aliphatic carbocycles. The lowest BCUT2D eigenvalue weighted by Gasteiger charge is -2.06. The Morgan fingerprint density at radius 2 is 1.67 bits per heavy atom. The van der Waals surface area contributed by atoms with Crippen LogP contribution in [0.3, 0.4) is 0 Å². The van der Waals surface area contributed by atoms with Crippen molar-refractivity contribution in [2.75, 3.05) is 0 Å². The van der Waals surface area contributed by atoms with Crippen LogP contribution in [0, 0.1) is 0 Å². The highest BCUT2D eigenvalue weighted by atomic mass is 15.2. The molecule has 0 saturated carbocycles. The minimum atomic E-state index is 0.926. The van der Waals surface area contributed by atoms with Gasteiger partial charge in [-0.3, -0.25) is 0 Å². The smallest absolute Gasteiger partial charge is 0.0671 e. The van der Waals surface area contributed by atoms with Crippen LogP contribution >= 0.6 is 0 Å². The van der Waals surface area contributed by atoms with Crippen LogP contribution in [0.25, 0.3) is 0 Å². The lowest BCUT2D eigenvalue weighted by atomic mass is 10.0. The molecule has 0 bridgehead atoms. The molecule has 0 saturated heterocycles. The van der Waals surface area contributed by atoms with Crippen LogP contribution < -0.4 is 0 Å². The van der Waals surface area contributed by atoms with E-state index >= 15 is 0 Å². The second kappa shape index (κ2) is 5.44. The molecule has 0 aliphatic rings. The third kappa shape index (κ3) is 3.01. The van der Waals surface area contributed by atoms with Crippen molar-refractivity contribution in [1.82, 2.24) is 0 Å². The van der Waals surface area contributed by atoms with Crippen LogP contribution in [-0.2, 0) is 12.8 Å². The van der Waals surface area contributed by atoms with Gasteiger partial charge in [-0.1, -0.05) is 19.9 Å². The Morgan fingerprint density at radius 3 is 2.07 bits per heavy atom. The zero-order valence-electron chi connectivity index (χ0n) is 9.75. The molecule has 0 spiro atoms. The quantitative estimate of drug-likeness (QED) is 0.529. The van der Waals surface area contributed by atoms with Crippen molar-refractivity contribution in [2.24, 2.45) is 10.2 Å². The maximum atomic E-state index is 3.98. The summed E-state index contributed by atoms with van der Waals surface area (Å²) in [5.41, 5.74) is 4.78. The van der Waals surface area contributed by atoms with Crippen LogP contribution in [-0.4, -0.2) is 12.4 Å². The van der Waals surface area contributed by atoms with E-state index < -0.39 is 0 Å². The zero-order valence-corrected chi connectivity index (χ0v) is 9.75. The highest BCUT2D eigenvalue weighted by molar-refractivity contribution is 5.99. The summed E-state index contributed by atoms with van der Waals surface area (Å²) in [5.74, 6) is 0. The standard InChI is InChI=1S/C13H18N2/c1-5-11-7-12(6-2)9-13(8-11)10(3)15-14-4/h7-9H,4-6H2,1-3H3/b15-10+. The fraction of sp³-hybridized carbons (Fsp3) is 0.385. The summed E-state index contributed by atoms with van der Waals surface area (Å²) in [7, 11) is 0. The molecule has 1 rings (SSSR count). The Bertz CT molecular complexity index is 356. The monoisotopic (exact) mass is 202 g/mol. The molecular formula is C13H18N2. The van der Waals surface area contributed by atoms with E-state index in [1.807, 2.05) is 6.92 Å². The molecule has 1 aromatic rings. The highest BCUT2D eigenvalue weighted by Gasteiger charge is 2.01. The summed E-state index contributed by atoms with van der Waals surface area (Å²) in [6.45, 7) is 9.66. The Labute approximate surface area is 91.7 Å². The number of hydrogen-bond acceptors (Lipinski definition) is 2. The van der Waals surface area contributed by atoms with E-state index in [2.05, 4.69) is 49.0 Å². The molecule has 0 radical (unpaired) electrons. The molecule has 1 aromatic carbocycles. The van der Waals surface area contributed by atoms with E-state index in [9.17, 15) is 0 Å². The van der Waals surface area contributed by atoms with E-state index in [0.717, 1.165) is 24.1 Å². The van der Waals surface area contributed by atoms with Crippen molar-refractivity contribution >= 4 is 12.4 Å². The van der Waals surface area contributed by atoms with E-state index in [-0.39, 0.29) is 0 Å². The lowest BCUT2D eigenvalue weighted by molar-refractivity contribution is 1.08. The van der Waals surface area contributed by atoms with E-state index in [4.69, 9.17) is 0 Å². The molecule has 0 fully saturated rings. The molecular weight excluding hydrogens is 184 g/mol. The van der Waals surface area contributed by atoms with Gasteiger partial charge in [-0.2, -0.15) is 10.2 Å². The molecule has 0 aromatic heterocycles. The first-order valence-corrected chi connectivity index (χ1v) is 5.34. The van der Waals surface area contributed by atoms with Crippen LogP contribution in [0.5, 0.6) is 0 Å². The molecule has 0 amide bonds. The molecule has 2 heteroatoms. The average molecular weight is 202 g/mol. The number of aryl methyl sites for hydroxylation is 2. The van der Waals surface area contributed by atoms with Crippen LogP contribution in [0.2, 0.25) is 0 Å². The SMILES string of the molecule is C=N/N=C(\C)c1cc(CC)cc(CC)c1. The van der Waals surface area contributed by atoms with Crippen LogP contribution in [0.4, 0.5) is 0 Å². The predicted molar refractivity (Wildman–Crippen MR) is 67.0 cm³/mol. The van der Waals surface area contributed by atoms with Gasteiger partial charge in [0.2, 0.25) is 0 Å². The second-order valence-corrected chi connectivity index (χ2v) is 3.57. The molecule has 0 aliphatic heterocycles. The second-order valence-electron chi connectivity index (χ2n) is 3.57. The van der Waals surface area contributed by atoms with Gasteiger partial charge < -0.3 is 0 Å². The number of benzene rings is 1. The average Bonchev–Trinajstić information content (AvgIpc) is 2.28. The summed E-state index contributed by atoms with van der Waals surface area (Å²) in [6, 6.07) is 6.59. The summed E-state index contributed by atoms with van der Waals surface area (Å²) < 4.78 is 0. The van der Waals surface area contributed by atoms with Crippen LogP contribution in [0.1, 0.15) is 37.5 Å². The van der Waals surface area contributed by atoms with Gasteiger partial charge in [-0.15, -0.1) is 0 Å². The minimum Gasteiger partial charge on any atom is -0.167 e. The maximum absolute atomic E-state index is 3.98. The Morgan fingerprint density at radius 1 is 1.13 bits per heavy atom. The fourth-order valence-electron chi connectivity index (χ4n) is 1.54. The summed E-state index contributed by atoms with van der Waals surface area (Å²) in [5, 5.41) is 7.54. The number of rotatable bonds is 4. The number of hydrogen-bond donors (Lipinski definition) is 0. The normalized spacial score (nSPS) is 11.5. The molecule has 0 unspecified atom stereocenters. The van der Waals surface area contributed by atoms with Gasteiger partial charge in [-0.05, 0) is 48.6 Å². The van der Waals surface area contributed by atoms with Crippen LogP contribution in [0.15, 0.2) is 28.4 Å². The van der Waals surface area contributed by atoms with Crippen molar-refractivity contribution in [3.05, 3.63) is 34.9 Å². The summed E-state index contributed by atoms with van der Waals surface area (Å²) in [6.07, 6.45) is 2.10. The van der Waals surface area contributed by atoms with Gasteiger partial charge in [-0.25, -0.2) is 0 Å². The van der Waals surface area contributed by atoms with Gasteiger partial charge in [0, 0.05) is 6.72 Å². The summed E-state index contributed by atoms with van der Waals surface area (Å²) in [4.78, 5) is 0. The van der Waals surface area contributed by atoms with Crippen molar-refractivity contribution < 1.29 is 0 Å². The van der Waals surface area contributed by atoms with Gasteiger partial charge >= 0.3 is 0 Å². The Balaban J connectivity index is 3.17. The first-order valence-electron chi connectivity index (χ1n) is 5.34. The van der Waals surface area contributed by atoms with Gasteiger partial charge in [0.05, 0.1) is 5.71 Å². The molecule has 0 N–H and O–H groups in total. The van der Waals surface area contributed by atoms with Gasteiger partial charge in [0.15, 0.2) is 0 Å². The molecule has 15 heavy (non-hydrogen) atoms. The predicted octanol–water partition coefficient (Wildman–Crippen LogP) is 3.24. The van der Waals surface area contributed by atoms with E-state index in [1.165, 1.54) is 11.1 Å². The van der Waals surface area contributed by atoms with Crippen molar-refractivity contribution in [1.29, 1.82) is 0 Å². The largest absolute Gasteiger partial charge is 0.167 e. The Kier molecular flexibility index (Phi) is 4.22. The first kappa shape index (κ1) is 11.6. The Hall–Kier alpha value is -1.44. The third-order valence-electron chi connectivity index (χ3n) is 2.51. The van der Waals surface area contributed by atoms with Crippen molar-refractivity contribution in [3.8, 4) is 0 Å². The van der Waals surface area contributed by atoms with Gasteiger partial charge in [0.25, 0.3) is 0 Å². The molecule has 0 heterocycles. The third-order valence-corrected chi connectivity index (χ3v) is 2.51. The topological polar surface area (TPSA) is 24.7 Å². The van der Waals surface area contributed by atoms with E-state index in [1.54, 1.807) is 0 Å². The molecule has 2 nitrogen and oxygen atoms in total. The first-order chi connectivity index (χ1) is 7.21. The zero-order chi connectivity index (χ0) is 11.3. The summed E-state index contributed by atoms with van der Waals surface area (Å²) >= 11 is 0. The van der Waals surface area contributed by atoms with Gasteiger partial charge in [0.1, 0.15) is 0 Å². The molecule has 0 atom stereocenters. The lowest BCUT2D eigenvalue weighted by Crippen LogP contribution is -1.98. The highest BCUT2D eigenvalue weighted by Crippen LogP contribution is 2.13. The fourth-order valence-corrected chi connectivity index (χ4v) is 1.54. The minimum absolute atomic E-state index is 0.926. The van der Waals surface area contributed by atoms with Crippen molar-refractivity contribution in [2.45, 2.75) is 33.6 Å². The molecule has 80 valence electrons. The number of nitrogens with zero attached hydrogens (tertiary/aromatic N) is 2. The van der Waals surface area contributed by atoms with E-state index in [0.29, 0.717) is 0 Å². The maximum Gasteiger partial charge on any atom is 0.0671 e. The van der Waals surface area contributed by atoms with Crippen molar-refractivity contribution in [3.63, 3.8) is 0 Å².